The molecule has 0 bridgehead atoms. The summed E-state index contributed by atoms with van der Waals surface area (Å²) >= 11 is 15.9. The topological polar surface area (TPSA) is 0 Å². The fourth-order valence-electron chi connectivity index (χ4n) is 0.832. The van der Waals surface area contributed by atoms with Crippen molar-refractivity contribution in [2.24, 2.45) is 0 Å². The van der Waals surface area contributed by atoms with Crippen LogP contribution in [0, 0.1) is 0 Å². The number of halogens is 2. The molecule has 1 aliphatic carbocycles. The van der Waals surface area contributed by atoms with Crippen molar-refractivity contribution in [3.8, 4) is 0 Å². The van der Waals surface area contributed by atoms with Crippen molar-refractivity contribution in [3.05, 3.63) is 33.9 Å². The number of hydrogen-bond donors (Lipinski definition) is 1. The Hall–Kier alpha value is 0.150. The van der Waals surface area contributed by atoms with Crippen LogP contribution >= 0.6 is 35.8 Å². The molecule has 60 valence electrons. The van der Waals surface area contributed by atoms with Crippen LogP contribution in [0.15, 0.2) is 33.9 Å². The smallest absolute Gasteiger partial charge is 0.0458 e. The van der Waals surface area contributed by atoms with Crippen LogP contribution in [0.4, 0.5) is 0 Å². The fourth-order valence-corrected chi connectivity index (χ4v) is 1.92. The first kappa shape index (κ1) is 9.24. The van der Waals surface area contributed by atoms with Crippen molar-refractivity contribution < 1.29 is 0 Å². The third kappa shape index (κ3) is 2.29. The van der Waals surface area contributed by atoms with Crippen LogP contribution in [0.5, 0.6) is 0 Å². The summed E-state index contributed by atoms with van der Waals surface area (Å²) in [6, 6.07) is 0. The van der Waals surface area contributed by atoms with E-state index in [1.54, 1.807) is 0 Å². The number of rotatable bonds is 1. The molecule has 0 atom stereocenters. The van der Waals surface area contributed by atoms with Gasteiger partial charge < -0.3 is 0 Å². The molecule has 0 aliphatic heterocycles. The van der Waals surface area contributed by atoms with Gasteiger partial charge in [-0.3, -0.25) is 0 Å². The zero-order valence-corrected chi connectivity index (χ0v) is 8.26. The second-order valence-electron chi connectivity index (χ2n) is 2.17. The predicted octanol–water partition coefficient (Wildman–Crippen LogP) is 3.49. The second kappa shape index (κ2) is 4.24. The monoisotopic (exact) mass is 206 g/mol. The molecule has 0 fully saturated rings. The Morgan fingerprint density at radius 3 is 2.82 bits per heavy atom. The van der Waals surface area contributed by atoms with Gasteiger partial charge in [-0.15, -0.1) is 0 Å². The van der Waals surface area contributed by atoms with E-state index in [2.05, 4.69) is 12.6 Å². The molecular weight excluding hydrogens is 199 g/mol. The second-order valence-corrected chi connectivity index (χ2v) is 3.31. The van der Waals surface area contributed by atoms with Gasteiger partial charge in [-0.2, -0.15) is 12.6 Å². The van der Waals surface area contributed by atoms with Crippen LogP contribution in [-0.2, 0) is 0 Å². The standard InChI is InChI=1S/C8H8Cl2S/c9-7-3-1-2-4-8(10)6(7)5-11/h1,3-4,11H,2,5H2. The van der Waals surface area contributed by atoms with Crippen LogP contribution in [-0.4, -0.2) is 5.75 Å². The molecule has 0 aromatic rings. The lowest BCUT2D eigenvalue weighted by atomic mass is 10.2. The first-order valence-corrected chi connectivity index (χ1v) is 4.66. The summed E-state index contributed by atoms with van der Waals surface area (Å²) in [5.74, 6) is 0.582. The van der Waals surface area contributed by atoms with E-state index >= 15 is 0 Å². The summed E-state index contributed by atoms with van der Waals surface area (Å²) in [5, 5.41) is 1.41. The van der Waals surface area contributed by atoms with Gasteiger partial charge in [0.05, 0.1) is 0 Å². The lowest BCUT2D eigenvalue weighted by Gasteiger charge is -2.01. The molecule has 0 spiro atoms. The van der Waals surface area contributed by atoms with Gasteiger partial charge in [-0.1, -0.05) is 35.4 Å². The van der Waals surface area contributed by atoms with Gasteiger partial charge in [0.25, 0.3) is 0 Å². The third-order valence-electron chi connectivity index (χ3n) is 1.43. The first-order chi connectivity index (χ1) is 5.25. The lowest BCUT2D eigenvalue weighted by molar-refractivity contribution is 1.38. The summed E-state index contributed by atoms with van der Waals surface area (Å²) in [6.07, 6.45) is 6.60. The van der Waals surface area contributed by atoms with Gasteiger partial charge in [-0.25, -0.2) is 0 Å². The summed E-state index contributed by atoms with van der Waals surface area (Å²) in [7, 11) is 0. The van der Waals surface area contributed by atoms with E-state index in [0.717, 1.165) is 17.0 Å². The Bertz CT molecular complexity index is 238. The van der Waals surface area contributed by atoms with Crippen LogP contribution in [0.2, 0.25) is 0 Å². The van der Waals surface area contributed by atoms with Crippen molar-refractivity contribution in [3.63, 3.8) is 0 Å². The minimum Gasteiger partial charge on any atom is -0.174 e. The largest absolute Gasteiger partial charge is 0.174 e. The highest BCUT2D eigenvalue weighted by Gasteiger charge is 2.06. The molecule has 1 aliphatic rings. The highest BCUT2D eigenvalue weighted by molar-refractivity contribution is 7.80. The number of hydrogen-bond acceptors (Lipinski definition) is 1. The molecule has 0 nitrogen and oxygen atoms in total. The van der Waals surface area contributed by atoms with Crippen molar-refractivity contribution in [1.82, 2.24) is 0 Å². The molecule has 0 heterocycles. The van der Waals surface area contributed by atoms with Gasteiger partial charge in [0.2, 0.25) is 0 Å². The normalized spacial score (nSPS) is 18.3. The van der Waals surface area contributed by atoms with E-state index < -0.39 is 0 Å². The minimum absolute atomic E-state index is 0.582. The molecule has 0 saturated carbocycles. The first-order valence-electron chi connectivity index (χ1n) is 3.27. The molecule has 0 unspecified atom stereocenters. The maximum atomic E-state index is 5.91. The number of allylic oxidation sites excluding steroid dienone is 5. The molecule has 0 N–H and O–H groups in total. The van der Waals surface area contributed by atoms with Gasteiger partial charge in [0.1, 0.15) is 0 Å². The SMILES string of the molecule is SCC1=C(Cl)C=CCC=C1Cl. The quantitative estimate of drug-likeness (QED) is 0.625. The Labute approximate surface area is 82.0 Å². The molecular formula is C8H8Cl2S. The van der Waals surface area contributed by atoms with E-state index in [-0.39, 0.29) is 0 Å². The van der Waals surface area contributed by atoms with Gasteiger partial charge in [-0.05, 0) is 18.1 Å². The van der Waals surface area contributed by atoms with E-state index in [1.165, 1.54) is 0 Å². The van der Waals surface area contributed by atoms with Crippen LogP contribution in [0.25, 0.3) is 0 Å². The summed E-state index contributed by atoms with van der Waals surface area (Å²) in [5.41, 5.74) is 0.908. The molecule has 11 heavy (non-hydrogen) atoms. The summed E-state index contributed by atoms with van der Waals surface area (Å²) in [4.78, 5) is 0. The van der Waals surface area contributed by atoms with Crippen molar-refractivity contribution in [2.75, 3.05) is 5.75 Å². The summed E-state index contributed by atoms with van der Waals surface area (Å²) < 4.78 is 0. The highest BCUT2D eigenvalue weighted by Crippen LogP contribution is 2.26. The summed E-state index contributed by atoms with van der Waals surface area (Å²) in [6.45, 7) is 0. The van der Waals surface area contributed by atoms with Crippen LogP contribution in [0.3, 0.4) is 0 Å². The number of thiol groups is 1. The Morgan fingerprint density at radius 1 is 1.45 bits per heavy atom. The molecule has 0 radical (unpaired) electrons. The molecule has 1 rings (SSSR count). The zero-order chi connectivity index (χ0) is 8.27. The molecule has 0 aromatic carbocycles. The third-order valence-corrected chi connectivity index (χ3v) is 2.48. The average Bonchev–Trinajstić information content (AvgIpc) is 2.12. The van der Waals surface area contributed by atoms with Gasteiger partial charge in [0.15, 0.2) is 0 Å². The maximum absolute atomic E-state index is 5.91. The molecule has 0 saturated heterocycles. The molecule has 0 aromatic heterocycles. The lowest BCUT2D eigenvalue weighted by Crippen LogP contribution is -1.86. The maximum Gasteiger partial charge on any atom is 0.0458 e. The van der Waals surface area contributed by atoms with Gasteiger partial charge in [0, 0.05) is 15.8 Å². The van der Waals surface area contributed by atoms with Crippen LogP contribution < -0.4 is 0 Å². The van der Waals surface area contributed by atoms with Gasteiger partial charge >= 0.3 is 0 Å². The van der Waals surface area contributed by atoms with E-state index in [4.69, 9.17) is 23.2 Å². The van der Waals surface area contributed by atoms with E-state index in [9.17, 15) is 0 Å². The van der Waals surface area contributed by atoms with Crippen molar-refractivity contribution in [2.45, 2.75) is 6.42 Å². The average molecular weight is 207 g/mol. The van der Waals surface area contributed by atoms with E-state index in [1.807, 2.05) is 18.2 Å². The Kier molecular flexibility index (Phi) is 3.57. The Morgan fingerprint density at radius 2 is 2.18 bits per heavy atom. The zero-order valence-electron chi connectivity index (χ0n) is 5.85. The van der Waals surface area contributed by atoms with Crippen molar-refractivity contribution >= 4 is 35.8 Å². The highest BCUT2D eigenvalue weighted by atomic mass is 35.5. The van der Waals surface area contributed by atoms with E-state index in [0.29, 0.717) is 10.8 Å². The fraction of sp³-hybridized carbons (Fsp3) is 0.250. The van der Waals surface area contributed by atoms with Crippen molar-refractivity contribution in [1.29, 1.82) is 0 Å². The predicted molar refractivity (Wildman–Crippen MR) is 54.4 cm³/mol. The molecule has 3 heteroatoms. The molecule has 0 amide bonds. The Balaban J connectivity index is 3.02. The minimum atomic E-state index is 0.582. The van der Waals surface area contributed by atoms with Crippen LogP contribution in [0.1, 0.15) is 6.42 Å².